The zero-order chi connectivity index (χ0) is 19.9. The highest BCUT2D eigenvalue weighted by atomic mass is 16.5. The van der Waals surface area contributed by atoms with Crippen LogP contribution in [0.4, 0.5) is 4.79 Å². The van der Waals surface area contributed by atoms with Crippen LogP contribution in [-0.4, -0.2) is 73.8 Å². The lowest BCUT2D eigenvalue weighted by Crippen LogP contribution is -2.45. The number of carbonyl (C=O) groups is 2. The number of rotatable bonds is 6. The van der Waals surface area contributed by atoms with Crippen molar-refractivity contribution < 1.29 is 19.1 Å². The zero-order valence-electron chi connectivity index (χ0n) is 16.9. The summed E-state index contributed by atoms with van der Waals surface area (Å²) >= 11 is 0. The number of hydrogen-bond donors (Lipinski definition) is 1. The largest absolute Gasteiger partial charge is 0.491 e. The second-order valence-corrected chi connectivity index (χ2v) is 7.81. The van der Waals surface area contributed by atoms with Gasteiger partial charge in [0.05, 0.1) is 19.3 Å². The maximum Gasteiger partial charge on any atom is 0.317 e. The highest BCUT2D eigenvalue weighted by molar-refractivity contribution is 5.94. The van der Waals surface area contributed by atoms with E-state index in [-0.39, 0.29) is 18.0 Å². The first-order chi connectivity index (χ1) is 13.5. The average molecular weight is 389 g/mol. The van der Waals surface area contributed by atoms with Crippen molar-refractivity contribution in [2.24, 2.45) is 5.92 Å². The Morgan fingerprint density at radius 1 is 1.18 bits per heavy atom. The maximum atomic E-state index is 12.5. The summed E-state index contributed by atoms with van der Waals surface area (Å²) in [5, 5.41) is 2.98. The van der Waals surface area contributed by atoms with Crippen molar-refractivity contribution in [3.05, 3.63) is 29.8 Å². The van der Waals surface area contributed by atoms with E-state index in [4.69, 9.17) is 9.47 Å². The molecule has 2 aliphatic rings. The fraction of sp³-hybridized carbons (Fsp3) is 0.619. The summed E-state index contributed by atoms with van der Waals surface area (Å²) in [4.78, 5) is 28.5. The van der Waals surface area contributed by atoms with Gasteiger partial charge in [0, 0.05) is 31.7 Å². The van der Waals surface area contributed by atoms with E-state index in [0.29, 0.717) is 56.7 Å². The predicted octanol–water partition coefficient (Wildman–Crippen LogP) is 2.37. The summed E-state index contributed by atoms with van der Waals surface area (Å²) in [6.45, 7) is 8.53. The van der Waals surface area contributed by atoms with Crippen LogP contribution in [0.15, 0.2) is 24.3 Å². The van der Waals surface area contributed by atoms with E-state index in [2.05, 4.69) is 19.2 Å². The van der Waals surface area contributed by atoms with E-state index in [1.165, 1.54) is 0 Å². The summed E-state index contributed by atoms with van der Waals surface area (Å²) in [6.07, 6.45) is 1.94. The van der Waals surface area contributed by atoms with Crippen molar-refractivity contribution in [1.29, 1.82) is 0 Å². The topological polar surface area (TPSA) is 71.1 Å². The van der Waals surface area contributed by atoms with E-state index >= 15 is 0 Å². The van der Waals surface area contributed by atoms with Gasteiger partial charge in [0.25, 0.3) is 5.91 Å². The Bertz CT molecular complexity index is 656. The van der Waals surface area contributed by atoms with Gasteiger partial charge in [-0.1, -0.05) is 13.8 Å². The number of likely N-dealkylation sites (tertiary alicyclic amines) is 1. The molecule has 2 saturated heterocycles. The van der Waals surface area contributed by atoms with Crippen LogP contribution in [-0.2, 0) is 4.74 Å². The number of ether oxygens (including phenoxy) is 2. The molecule has 2 aliphatic heterocycles. The normalized spacial score (nSPS) is 19.8. The van der Waals surface area contributed by atoms with Gasteiger partial charge in [-0.25, -0.2) is 4.79 Å². The van der Waals surface area contributed by atoms with Crippen molar-refractivity contribution >= 4 is 11.9 Å². The molecular formula is C21H31N3O4. The third-order valence-electron chi connectivity index (χ3n) is 5.14. The number of benzene rings is 1. The molecule has 2 heterocycles. The standard InChI is InChI=1S/C21H31N3O4/c1-16(2)14-22-21(26)24-9-3-4-18(24)15-28-19-7-5-17(6-8-19)20(25)23-10-12-27-13-11-23/h5-8,16,18H,3-4,9-15H2,1-2H3,(H,22,26). The zero-order valence-corrected chi connectivity index (χ0v) is 16.9. The van der Waals surface area contributed by atoms with Crippen molar-refractivity contribution in [3.63, 3.8) is 0 Å². The molecule has 3 amide bonds. The van der Waals surface area contributed by atoms with Gasteiger partial charge < -0.3 is 24.6 Å². The van der Waals surface area contributed by atoms with Crippen LogP contribution in [0.25, 0.3) is 0 Å². The Morgan fingerprint density at radius 2 is 1.89 bits per heavy atom. The first-order valence-corrected chi connectivity index (χ1v) is 10.2. The molecule has 1 aromatic carbocycles. The molecule has 154 valence electrons. The summed E-state index contributed by atoms with van der Waals surface area (Å²) < 4.78 is 11.2. The van der Waals surface area contributed by atoms with Crippen molar-refractivity contribution in [2.45, 2.75) is 32.7 Å². The van der Waals surface area contributed by atoms with Gasteiger partial charge in [0.15, 0.2) is 0 Å². The second-order valence-electron chi connectivity index (χ2n) is 7.81. The van der Waals surface area contributed by atoms with Crippen LogP contribution in [0.5, 0.6) is 5.75 Å². The first-order valence-electron chi connectivity index (χ1n) is 10.2. The number of morpholine rings is 1. The molecule has 0 radical (unpaired) electrons. The number of nitrogens with zero attached hydrogens (tertiary/aromatic N) is 2. The molecule has 7 nitrogen and oxygen atoms in total. The highest BCUT2D eigenvalue weighted by Gasteiger charge is 2.29. The molecule has 2 fully saturated rings. The lowest BCUT2D eigenvalue weighted by molar-refractivity contribution is 0.0303. The van der Waals surface area contributed by atoms with E-state index in [1.807, 2.05) is 21.9 Å². The molecule has 0 saturated carbocycles. The first kappa shape index (κ1) is 20.5. The molecule has 28 heavy (non-hydrogen) atoms. The lowest BCUT2D eigenvalue weighted by Gasteiger charge is -2.27. The monoisotopic (exact) mass is 389 g/mol. The molecule has 1 atom stereocenters. The van der Waals surface area contributed by atoms with Crippen molar-refractivity contribution in [1.82, 2.24) is 15.1 Å². The van der Waals surface area contributed by atoms with E-state index in [9.17, 15) is 9.59 Å². The fourth-order valence-corrected chi connectivity index (χ4v) is 3.50. The SMILES string of the molecule is CC(C)CNC(=O)N1CCCC1COc1ccc(C(=O)N2CCOCC2)cc1. The third-order valence-corrected chi connectivity index (χ3v) is 5.14. The van der Waals surface area contributed by atoms with Gasteiger partial charge in [-0.05, 0) is 43.0 Å². The molecule has 1 unspecified atom stereocenters. The minimum absolute atomic E-state index is 0.00810. The highest BCUT2D eigenvalue weighted by Crippen LogP contribution is 2.20. The molecule has 0 spiro atoms. The molecule has 1 aromatic rings. The van der Waals surface area contributed by atoms with Gasteiger partial charge in [0.2, 0.25) is 0 Å². The smallest absolute Gasteiger partial charge is 0.317 e. The van der Waals surface area contributed by atoms with E-state index in [0.717, 1.165) is 19.4 Å². The Labute approximate surface area is 167 Å². The molecule has 0 aliphatic carbocycles. The Kier molecular flexibility index (Phi) is 7.14. The molecule has 1 N–H and O–H groups in total. The minimum atomic E-state index is -0.00810. The maximum absolute atomic E-state index is 12.5. The number of amides is 3. The summed E-state index contributed by atoms with van der Waals surface area (Å²) in [5.74, 6) is 1.17. The number of urea groups is 1. The van der Waals surface area contributed by atoms with Crippen LogP contribution in [0.2, 0.25) is 0 Å². The molecule has 7 heteroatoms. The summed E-state index contributed by atoms with van der Waals surface area (Å²) in [6, 6.07) is 7.33. The van der Waals surface area contributed by atoms with Crippen LogP contribution in [0, 0.1) is 5.92 Å². The van der Waals surface area contributed by atoms with Crippen molar-refractivity contribution in [3.8, 4) is 5.75 Å². The second kappa shape index (κ2) is 9.78. The third kappa shape index (κ3) is 5.38. The number of nitrogens with one attached hydrogen (secondary N) is 1. The summed E-state index contributed by atoms with van der Waals surface area (Å²) in [5.41, 5.74) is 0.657. The Morgan fingerprint density at radius 3 is 2.57 bits per heavy atom. The number of hydrogen-bond acceptors (Lipinski definition) is 4. The molecule has 0 aromatic heterocycles. The van der Waals surface area contributed by atoms with Gasteiger partial charge in [-0.3, -0.25) is 4.79 Å². The van der Waals surface area contributed by atoms with Crippen LogP contribution >= 0.6 is 0 Å². The number of carbonyl (C=O) groups excluding carboxylic acids is 2. The quantitative estimate of drug-likeness (QED) is 0.811. The Hall–Kier alpha value is -2.28. The fourth-order valence-electron chi connectivity index (χ4n) is 3.50. The van der Waals surface area contributed by atoms with Gasteiger partial charge >= 0.3 is 6.03 Å². The Balaban J connectivity index is 1.50. The van der Waals surface area contributed by atoms with Crippen LogP contribution < -0.4 is 10.1 Å². The molecule has 3 rings (SSSR count). The van der Waals surface area contributed by atoms with Crippen LogP contribution in [0.3, 0.4) is 0 Å². The summed E-state index contributed by atoms with van der Waals surface area (Å²) in [7, 11) is 0. The predicted molar refractivity (Wildman–Crippen MR) is 107 cm³/mol. The molecule has 0 bridgehead atoms. The van der Waals surface area contributed by atoms with Crippen molar-refractivity contribution in [2.75, 3.05) is 46.0 Å². The molecular weight excluding hydrogens is 358 g/mol. The van der Waals surface area contributed by atoms with E-state index < -0.39 is 0 Å². The van der Waals surface area contributed by atoms with Gasteiger partial charge in [0.1, 0.15) is 12.4 Å². The lowest BCUT2D eigenvalue weighted by atomic mass is 10.2. The average Bonchev–Trinajstić information content (AvgIpc) is 3.19. The van der Waals surface area contributed by atoms with E-state index in [1.54, 1.807) is 12.1 Å². The minimum Gasteiger partial charge on any atom is -0.491 e. The van der Waals surface area contributed by atoms with Crippen LogP contribution in [0.1, 0.15) is 37.0 Å². The van der Waals surface area contributed by atoms with Gasteiger partial charge in [-0.2, -0.15) is 0 Å². The van der Waals surface area contributed by atoms with Gasteiger partial charge in [-0.15, -0.1) is 0 Å².